The van der Waals surface area contributed by atoms with Gasteiger partial charge >= 0.3 is 5.69 Å². The van der Waals surface area contributed by atoms with Crippen LogP contribution in [0.5, 0.6) is 0 Å². The molecule has 0 spiro atoms. The number of nitrogens with one attached hydrogen (secondary N) is 2. The zero-order chi connectivity index (χ0) is 9.97. The molecular weight excluding hydrogens is 182 g/mol. The summed E-state index contributed by atoms with van der Waals surface area (Å²) in [5.41, 5.74) is 0.314. The van der Waals surface area contributed by atoms with E-state index in [2.05, 4.69) is 15.0 Å². The molecule has 0 fully saturated rings. The van der Waals surface area contributed by atoms with E-state index >= 15 is 0 Å². The van der Waals surface area contributed by atoms with Gasteiger partial charge < -0.3 is 4.98 Å². The molecule has 2 aromatic rings. The van der Waals surface area contributed by atoms with Crippen LogP contribution in [-0.2, 0) is 0 Å². The molecule has 5 nitrogen and oxygen atoms in total. The first-order valence-electron chi connectivity index (χ1n) is 4.00. The van der Waals surface area contributed by atoms with Crippen molar-refractivity contribution in [1.29, 1.82) is 0 Å². The highest BCUT2D eigenvalue weighted by Gasteiger charge is 1.98. The van der Waals surface area contributed by atoms with Crippen LogP contribution < -0.4 is 11.2 Å². The number of nitrogens with zero attached hydrogens (tertiary/aromatic N) is 1. The van der Waals surface area contributed by atoms with Crippen molar-refractivity contribution in [3.8, 4) is 11.3 Å². The highest BCUT2D eigenvalue weighted by molar-refractivity contribution is 5.56. The smallest absolute Gasteiger partial charge is 0.307 e. The fraction of sp³-hybridized carbons (Fsp3) is 0. The summed E-state index contributed by atoms with van der Waals surface area (Å²) in [6.45, 7) is 0. The molecule has 2 rings (SSSR count). The number of rotatable bonds is 1. The van der Waals surface area contributed by atoms with Crippen LogP contribution in [-0.4, -0.2) is 15.0 Å². The Morgan fingerprint density at radius 3 is 2.43 bits per heavy atom. The highest BCUT2D eigenvalue weighted by atomic mass is 16.2. The number of pyridine rings is 1. The van der Waals surface area contributed by atoms with Crippen LogP contribution in [0.3, 0.4) is 0 Å². The summed E-state index contributed by atoms with van der Waals surface area (Å²) in [4.78, 5) is 30.4. The number of hydrogen-bond donors (Lipinski definition) is 2. The molecule has 0 amide bonds. The minimum Gasteiger partial charge on any atom is -0.307 e. The molecule has 0 aromatic carbocycles. The van der Waals surface area contributed by atoms with E-state index in [0.29, 0.717) is 5.69 Å². The maximum Gasteiger partial charge on any atom is 0.326 e. The standard InChI is InChI=1S/C9H7N3O2/c13-8-5-7(11-9(14)12-8)6-1-3-10-4-2-6/h1-5H,(H2,11,12,13,14). The Morgan fingerprint density at radius 1 is 1.07 bits per heavy atom. The minimum absolute atomic E-state index is 0.416. The van der Waals surface area contributed by atoms with Crippen LogP contribution in [0, 0.1) is 0 Å². The van der Waals surface area contributed by atoms with Gasteiger partial charge in [0.2, 0.25) is 0 Å². The summed E-state index contributed by atoms with van der Waals surface area (Å²) in [5, 5.41) is 0. The Morgan fingerprint density at radius 2 is 1.79 bits per heavy atom. The number of aromatic nitrogens is 3. The largest absolute Gasteiger partial charge is 0.326 e. The van der Waals surface area contributed by atoms with Crippen LogP contribution in [0.25, 0.3) is 11.3 Å². The molecule has 0 bridgehead atoms. The van der Waals surface area contributed by atoms with Gasteiger partial charge in [0.25, 0.3) is 5.56 Å². The van der Waals surface area contributed by atoms with Crippen molar-refractivity contribution in [2.24, 2.45) is 0 Å². The Balaban J connectivity index is 2.64. The van der Waals surface area contributed by atoms with E-state index in [4.69, 9.17) is 0 Å². The fourth-order valence-corrected chi connectivity index (χ4v) is 1.16. The van der Waals surface area contributed by atoms with Crippen molar-refractivity contribution in [3.05, 3.63) is 51.4 Å². The molecule has 0 aliphatic heterocycles. The summed E-state index contributed by atoms with van der Waals surface area (Å²) in [5.74, 6) is 0. The van der Waals surface area contributed by atoms with Crippen molar-refractivity contribution in [1.82, 2.24) is 15.0 Å². The lowest BCUT2D eigenvalue weighted by atomic mass is 10.2. The molecule has 0 aliphatic carbocycles. The third kappa shape index (κ3) is 1.61. The average Bonchev–Trinajstić information content (AvgIpc) is 2.18. The molecular formula is C9H7N3O2. The summed E-state index contributed by atoms with van der Waals surface area (Å²) < 4.78 is 0. The molecule has 14 heavy (non-hydrogen) atoms. The van der Waals surface area contributed by atoms with Gasteiger partial charge in [-0.15, -0.1) is 0 Å². The quantitative estimate of drug-likeness (QED) is 0.669. The van der Waals surface area contributed by atoms with Crippen molar-refractivity contribution in [3.63, 3.8) is 0 Å². The Hall–Kier alpha value is -2.17. The predicted octanol–water partition coefficient (Wildman–Crippen LogP) is 0.125. The van der Waals surface area contributed by atoms with Gasteiger partial charge in [-0.25, -0.2) is 4.79 Å². The van der Waals surface area contributed by atoms with E-state index in [-0.39, 0.29) is 0 Å². The second kappa shape index (κ2) is 3.29. The van der Waals surface area contributed by atoms with E-state index in [1.807, 2.05) is 0 Å². The molecule has 2 heterocycles. The fourth-order valence-electron chi connectivity index (χ4n) is 1.16. The van der Waals surface area contributed by atoms with Gasteiger partial charge in [0, 0.05) is 24.0 Å². The van der Waals surface area contributed by atoms with Gasteiger partial charge in [-0.2, -0.15) is 0 Å². The van der Waals surface area contributed by atoms with Gasteiger partial charge in [-0.3, -0.25) is 14.8 Å². The van der Waals surface area contributed by atoms with E-state index in [0.717, 1.165) is 5.56 Å². The number of hydrogen-bond acceptors (Lipinski definition) is 3. The lowest BCUT2D eigenvalue weighted by molar-refractivity contribution is 1.04. The second-order valence-electron chi connectivity index (χ2n) is 2.74. The monoisotopic (exact) mass is 189 g/mol. The molecule has 0 saturated carbocycles. The molecule has 2 aromatic heterocycles. The Labute approximate surface area is 78.5 Å². The average molecular weight is 189 g/mol. The molecule has 5 heteroatoms. The maximum atomic E-state index is 11.0. The first-order valence-corrected chi connectivity index (χ1v) is 4.00. The minimum atomic E-state index is -0.510. The first-order chi connectivity index (χ1) is 6.75. The van der Waals surface area contributed by atoms with Crippen molar-refractivity contribution < 1.29 is 0 Å². The van der Waals surface area contributed by atoms with E-state index < -0.39 is 11.2 Å². The van der Waals surface area contributed by atoms with Crippen LogP contribution in [0.4, 0.5) is 0 Å². The van der Waals surface area contributed by atoms with Crippen molar-refractivity contribution >= 4 is 0 Å². The Bertz CT molecular complexity index is 513. The molecule has 70 valence electrons. The third-order valence-electron chi connectivity index (χ3n) is 1.75. The number of aromatic amines is 2. The second-order valence-corrected chi connectivity index (χ2v) is 2.74. The summed E-state index contributed by atoms with van der Waals surface area (Å²) >= 11 is 0. The molecule has 0 radical (unpaired) electrons. The van der Waals surface area contributed by atoms with Gasteiger partial charge in [-0.1, -0.05) is 0 Å². The first kappa shape index (κ1) is 8.43. The third-order valence-corrected chi connectivity index (χ3v) is 1.75. The molecule has 0 aliphatic rings. The summed E-state index contributed by atoms with van der Waals surface area (Å²) in [7, 11) is 0. The van der Waals surface area contributed by atoms with Crippen LogP contribution in [0.1, 0.15) is 0 Å². The predicted molar refractivity (Wildman–Crippen MR) is 50.9 cm³/mol. The van der Waals surface area contributed by atoms with Crippen molar-refractivity contribution in [2.75, 3.05) is 0 Å². The van der Waals surface area contributed by atoms with E-state index in [1.54, 1.807) is 24.5 Å². The normalized spacial score (nSPS) is 10.0. The number of H-pyrrole nitrogens is 2. The molecule has 2 N–H and O–H groups in total. The topological polar surface area (TPSA) is 78.6 Å². The lowest BCUT2D eigenvalue weighted by Crippen LogP contribution is -2.21. The SMILES string of the molecule is O=c1cc(-c2ccncc2)[nH]c(=O)[nH]1. The zero-order valence-corrected chi connectivity index (χ0v) is 7.15. The van der Waals surface area contributed by atoms with Gasteiger partial charge in [-0.05, 0) is 12.1 Å². The summed E-state index contributed by atoms with van der Waals surface area (Å²) in [6.07, 6.45) is 3.18. The lowest BCUT2D eigenvalue weighted by Gasteiger charge is -1.98. The summed E-state index contributed by atoms with van der Waals surface area (Å²) in [6, 6.07) is 4.76. The Kier molecular flexibility index (Phi) is 1.98. The maximum absolute atomic E-state index is 11.0. The molecule has 0 unspecified atom stereocenters. The van der Waals surface area contributed by atoms with Crippen LogP contribution >= 0.6 is 0 Å². The van der Waals surface area contributed by atoms with E-state index in [9.17, 15) is 9.59 Å². The van der Waals surface area contributed by atoms with Crippen LogP contribution in [0.2, 0.25) is 0 Å². The highest BCUT2D eigenvalue weighted by Crippen LogP contribution is 2.10. The van der Waals surface area contributed by atoms with Gasteiger partial charge in [0.1, 0.15) is 0 Å². The van der Waals surface area contributed by atoms with Crippen LogP contribution in [0.15, 0.2) is 40.2 Å². The molecule has 0 atom stereocenters. The van der Waals surface area contributed by atoms with Gasteiger partial charge in [0.15, 0.2) is 0 Å². The molecule has 0 saturated heterocycles. The van der Waals surface area contributed by atoms with E-state index in [1.165, 1.54) is 6.07 Å². The van der Waals surface area contributed by atoms with Gasteiger partial charge in [0.05, 0.1) is 5.69 Å². The zero-order valence-electron chi connectivity index (χ0n) is 7.15. The van der Waals surface area contributed by atoms with Crippen molar-refractivity contribution in [2.45, 2.75) is 0 Å².